The minimum absolute atomic E-state index is 0.0861. The molecule has 0 aliphatic heterocycles. The highest BCUT2D eigenvalue weighted by Gasteiger charge is 2.57. The molecule has 0 bridgehead atoms. The van der Waals surface area contributed by atoms with Crippen molar-refractivity contribution in [1.29, 1.82) is 0 Å². The van der Waals surface area contributed by atoms with Crippen LogP contribution in [0.1, 0.15) is 12.8 Å². The van der Waals surface area contributed by atoms with Crippen molar-refractivity contribution in [1.82, 2.24) is 4.57 Å². The summed E-state index contributed by atoms with van der Waals surface area (Å²) in [5, 5.41) is 49.3. The number of hydrogen-bond donors (Lipinski definition) is 5. The van der Waals surface area contributed by atoms with E-state index in [1.54, 1.807) is 24.5 Å². The number of nitrogens with zero attached hydrogens (tertiary/aromatic N) is 1. The second kappa shape index (κ2) is 4.08. The van der Waals surface area contributed by atoms with Crippen LogP contribution in [0.15, 0.2) is 24.5 Å². The summed E-state index contributed by atoms with van der Waals surface area (Å²) in [6.45, 7) is -0.821. The van der Waals surface area contributed by atoms with E-state index >= 15 is 0 Å². The molecule has 6 nitrogen and oxygen atoms in total. The van der Waals surface area contributed by atoms with Crippen molar-refractivity contribution >= 4 is 0 Å². The van der Waals surface area contributed by atoms with E-state index in [1.807, 2.05) is 0 Å². The minimum Gasteiger partial charge on any atom is -0.393 e. The molecule has 4 atom stereocenters. The maximum atomic E-state index is 10.4. The third kappa shape index (κ3) is 1.69. The molecule has 1 aliphatic carbocycles. The number of aliphatic hydroxyl groups excluding tert-OH is 3. The van der Waals surface area contributed by atoms with Gasteiger partial charge in [-0.3, -0.25) is 0 Å². The Morgan fingerprint density at radius 2 is 1.76 bits per heavy atom. The van der Waals surface area contributed by atoms with E-state index in [2.05, 4.69) is 0 Å². The molecule has 0 aromatic carbocycles. The smallest absolute Gasteiger partial charge is 0.170 e. The molecule has 17 heavy (non-hydrogen) atoms. The molecule has 5 N–H and O–H groups in total. The predicted molar refractivity (Wildman–Crippen MR) is 57.9 cm³/mol. The highest BCUT2D eigenvalue weighted by Crippen LogP contribution is 2.39. The van der Waals surface area contributed by atoms with Crippen LogP contribution in [-0.4, -0.2) is 54.5 Å². The van der Waals surface area contributed by atoms with Crippen molar-refractivity contribution in [3.05, 3.63) is 24.5 Å². The van der Waals surface area contributed by atoms with Gasteiger partial charge in [-0.2, -0.15) is 0 Å². The third-order valence-electron chi connectivity index (χ3n) is 3.58. The van der Waals surface area contributed by atoms with Gasteiger partial charge in [0.05, 0.1) is 12.7 Å². The van der Waals surface area contributed by atoms with Gasteiger partial charge in [0.15, 0.2) is 5.72 Å². The average molecular weight is 243 g/mol. The van der Waals surface area contributed by atoms with E-state index in [1.165, 1.54) is 4.57 Å². The zero-order valence-electron chi connectivity index (χ0n) is 9.27. The Hall–Kier alpha value is -0.920. The van der Waals surface area contributed by atoms with Crippen LogP contribution in [0.2, 0.25) is 0 Å². The van der Waals surface area contributed by atoms with Gasteiger partial charge in [0, 0.05) is 18.8 Å². The zero-order valence-corrected chi connectivity index (χ0v) is 9.27. The molecule has 96 valence electrons. The lowest BCUT2D eigenvalue weighted by Gasteiger charge is -2.49. The molecule has 1 aromatic rings. The van der Waals surface area contributed by atoms with Gasteiger partial charge in [0.1, 0.15) is 11.7 Å². The number of hydrogen-bond acceptors (Lipinski definition) is 5. The molecule has 1 heterocycles. The molecule has 0 spiro atoms. The fourth-order valence-electron chi connectivity index (χ4n) is 2.37. The number of aromatic nitrogens is 1. The minimum atomic E-state index is -2.11. The van der Waals surface area contributed by atoms with Crippen LogP contribution in [0, 0.1) is 0 Å². The first kappa shape index (κ1) is 12.5. The topological polar surface area (TPSA) is 106 Å². The van der Waals surface area contributed by atoms with E-state index in [9.17, 15) is 20.4 Å². The molecule has 0 saturated heterocycles. The molecular weight excluding hydrogens is 226 g/mol. The summed E-state index contributed by atoms with van der Waals surface area (Å²) in [4.78, 5) is 0. The fraction of sp³-hybridized carbons (Fsp3) is 0.636. The van der Waals surface area contributed by atoms with Crippen molar-refractivity contribution in [2.45, 2.75) is 36.4 Å². The van der Waals surface area contributed by atoms with Gasteiger partial charge in [0.2, 0.25) is 0 Å². The number of rotatable bonds is 2. The van der Waals surface area contributed by atoms with Gasteiger partial charge in [0.25, 0.3) is 0 Å². The lowest BCUT2D eigenvalue weighted by Crippen LogP contribution is -2.67. The van der Waals surface area contributed by atoms with Gasteiger partial charge < -0.3 is 30.1 Å². The van der Waals surface area contributed by atoms with Crippen molar-refractivity contribution in [3.8, 4) is 0 Å². The van der Waals surface area contributed by atoms with Crippen LogP contribution in [0.4, 0.5) is 0 Å². The average Bonchev–Trinajstić information content (AvgIpc) is 2.86. The first-order valence-corrected chi connectivity index (χ1v) is 5.50. The van der Waals surface area contributed by atoms with E-state index in [4.69, 9.17) is 5.11 Å². The van der Waals surface area contributed by atoms with Crippen LogP contribution in [0.3, 0.4) is 0 Å². The SMILES string of the molecule is OCC1(O)C(O)CCC(O)(n2cccc2)C1O. The van der Waals surface area contributed by atoms with Crippen LogP contribution < -0.4 is 0 Å². The van der Waals surface area contributed by atoms with E-state index in [-0.39, 0.29) is 12.8 Å². The molecule has 1 fully saturated rings. The first-order valence-electron chi connectivity index (χ1n) is 5.50. The van der Waals surface area contributed by atoms with Crippen molar-refractivity contribution in [2.24, 2.45) is 0 Å². The van der Waals surface area contributed by atoms with Crippen molar-refractivity contribution in [3.63, 3.8) is 0 Å². The van der Waals surface area contributed by atoms with E-state index in [0.29, 0.717) is 0 Å². The molecule has 6 heteroatoms. The molecule has 1 aromatic heterocycles. The Morgan fingerprint density at radius 3 is 2.29 bits per heavy atom. The fourth-order valence-corrected chi connectivity index (χ4v) is 2.37. The largest absolute Gasteiger partial charge is 0.393 e. The first-order chi connectivity index (χ1) is 7.95. The normalized spacial score (nSPS) is 42.6. The molecule has 4 unspecified atom stereocenters. The monoisotopic (exact) mass is 243 g/mol. The maximum absolute atomic E-state index is 10.4. The molecule has 1 aliphatic rings. The molecule has 2 rings (SSSR count). The Kier molecular flexibility index (Phi) is 3.01. The van der Waals surface area contributed by atoms with Gasteiger partial charge >= 0.3 is 0 Å². The van der Waals surface area contributed by atoms with Crippen LogP contribution >= 0.6 is 0 Å². The van der Waals surface area contributed by atoms with Gasteiger partial charge in [-0.15, -0.1) is 0 Å². The van der Waals surface area contributed by atoms with Gasteiger partial charge in [-0.05, 0) is 18.6 Å². The van der Waals surface area contributed by atoms with E-state index < -0.39 is 30.1 Å². The predicted octanol–water partition coefficient (Wildman–Crippen LogP) is -1.63. The summed E-state index contributed by atoms with van der Waals surface area (Å²) >= 11 is 0. The zero-order chi connectivity index (χ0) is 12.7. The van der Waals surface area contributed by atoms with Crippen molar-refractivity contribution in [2.75, 3.05) is 6.61 Å². The summed E-state index contributed by atoms with van der Waals surface area (Å²) in [7, 11) is 0. The Morgan fingerprint density at radius 1 is 1.18 bits per heavy atom. The van der Waals surface area contributed by atoms with Gasteiger partial charge in [-0.1, -0.05) is 0 Å². The Balaban J connectivity index is 2.38. The highest BCUT2D eigenvalue weighted by atomic mass is 16.4. The molecular formula is C11H17NO5. The summed E-state index contributed by atoms with van der Waals surface area (Å²) in [5.41, 5.74) is -3.84. The Labute approximate surface area is 98.4 Å². The Bertz CT molecular complexity index is 381. The quantitative estimate of drug-likeness (QED) is 0.429. The maximum Gasteiger partial charge on any atom is 0.170 e. The second-order valence-electron chi connectivity index (χ2n) is 4.58. The molecule has 0 amide bonds. The highest BCUT2D eigenvalue weighted by molar-refractivity contribution is 5.08. The summed E-state index contributed by atoms with van der Waals surface area (Å²) in [6, 6.07) is 3.35. The summed E-state index contributed by atoms with van der Waals surface area (Å²) in [6.07, 6.45) is 0.349. The molecule has 1 saturated carbocycles. The van der Waals surface area contributed by atoms with Crippen LogP contribution in [0.25, 0.3) is 0 Å². The third-order valence-corrected chi connectivity index (χ3v) is 3.58. The standard InChI is InChI=1S/C11H17NO5/c13-7-10(16)8(14)3-4-11(17,9(10)15)12-5-1-2-6-12/h1-2,5-6,8-9,13-17H,3-4,7H2. The van der Waals surface area contributed by atoms with Crippen LogP contribution in [-0.2, 0) is 5.72 Å². The van der Waals surface area contributed by atoms with E-state index in [0.717, 1.165) is 0 Å². The summed E-state index contributed by atoms with van der Waals surface area (Å²) < 4.78 is 1.37. The van der Waals surface area contributed by atoms with Gasteiger partial charge in [-0.25, -0.2) is 0 Å². The van der Waals surface area contributed by atoms with Crippen molar-refractivity contribution < 1.29 is 25.5 Å². The van der Waals surface area contributed by atoms with Crippen LogP contribution in [0.5, 0.6) is 0 Å². The lowest BCUT2D eigenvalue weighted by molar-refractivity contribution is -0.276. The second-order valence-corrected chi connectivity index (χ2v) is 4.58. The lowest BCUT2D eigenvalue weighted by atomic mass is 9.75. The number of aliphatic hydroxyl groups is 5. The summed E-state index contributed by atoms with van der Waals surface area (Å²) in [5.74, 6) is 0. The molecule has 0 radical (unpaired) electrons.